The van der Waals surface area contributed by atoms with Gasteiger partial charge in [-0.15, -0.1) is 0 Å². The van der Waals surface area contributed by atoms with Gasteiger partial charge < -0.3 is 19.9 Å². The maximum atomic E-state index is 12.6. The molecule has 2 amide bonds. The van der Waals surface area contributed by atoms with Crippen molar-refractivity contribution in [2.24, 2.45) is 7.05 Å². The van der Waals surface area contributed by atoms with Gasteiger partial charge in [0.15, 0.2) is 0 Å². The maximum absolute atomic E-state index is 12.6. The average molecular weight is 365 g/mol. The topological polar surface area (TPSA) is 89.4 Å². The molecule has 0 aliphatic heterocycles. The molecule has 0 saturated carbocycles. The Labute approximate surface area is 155 Å². The van der Waals surface area contributed by atoms with E-state index in [0.717, 1.165) is 10.9 Å². The molecular formula is C20H19N3O4. The standard InChI is InChI=1S/C20H19N3O4/c1-23-16-6-4-3-5-14(16)11-17(23)20(26)22-15-9-7-13(8-10-15)19(25)21-12-18(24)27-2/h3-11H,12H2,1-2H3,(H,21,25)(H,22,26). The molecule has 2 N–H and O–H groups in total. The number of carbonyl (C=O) groups excluding carboxylic acids is 3. The van der Waals surface area contributed by atoms with E-state index >= 15 is 0 Å². The fourth-order valence-electron chi connectivity index (χ4n) is 2.73. The van der Waals surface area contributed by atoms with Crippen LogP contribution in [0.1, 0.15) is 20.8 Å². The highest BCUT2D eigenvalue weighted by molar-refractivity contribution is 6.06. The van der Waals surface area contributed by atoms with Gasteiger partial charge in [0.2, 0.25) is 0 Å². The lowest BCUT2D eigenvalue weighted by Crippen LogP contribution is -2.30. The van der Waals surface area contributed by atoms with Gasteiger partial charge in [-0.05, 0) is 36.4 Å². The van der Waals surface area contributed by atoms with Gasteiger partial charge in [-0.1, -0.05) is 18.2 Å². The molecule has 0 fully saturated rings. The Bertz CT molecular complexity index is 1010. The van der Waals surface area contributed by atoms with Crippen LogP contribution in [0.5, 0.6) is 0 Å². The predicted molar refractivity (Wildman–Crippen MR) is 102 cm³/mol. The van der Waals surface area contributed by atoms with E-state index in [-0.39, 0.29) is 12.5 Å². The van der Waals surface area contributed by atoms with Crippen molar-refractivity contribution < 1.29 is 19.1 Å². The molecule has 0 unspecified atom stereocenters. The summed E-state index contributed by atoms with van der Waals surface area (Å²) >= 11 is 0. The number of nitrogens with zero attached hydrogens (tertiary/aromatic N) is 1. The van der Waals surface area contributed by atoms with Crippen molar-refractivity contribution in [3.05, 3.63) is 65.9 Å². The van der Waals surface area contributed by atoms with E-state index in [0.29, 0.717) is 16.9 Å². The van der Waals surface area contributed by atoms with Gasteiger partial charge in [0.05, 0.1) is 7.11 Å². The fraction of sp³-hybridized carbons (Fsp3) is 0.150. The molecule has 1 heterocycles. The van der Waals surface area contributed by atoms with E-state index in [4.69, 9.17) is 0 Å². The van der Waals surface area contributed by atoms with Gasteiger partial charge >= 0.3 is 5.97 Å². The zero-order valence-corrected chi connectivity index (χ0v) is 15.0. The second kappa shape index (κ2) is 7.74. The van der Waals surface area contributed by atoms with E-state index in [9.17, 15) is 14.4 Å². The summed E-state index contributed by atoms with van der Waals surface area (Å²) in [5.74, 6) is -1.16. The van der Waals surface area contributed by atoms with Crippen molar-refractivity contribution in [3.8, 4) is 0 Å². The van der Waals surface area contributed by atoms with Gasteiger partial charge in [0, 0.05) is 29.2 Å². The van der Waals surface area contributed by atoms with E-state index in [1.54, 1.807) is 24.3 Å². The number of ether oxygens (including phenoxy) is 1. The molecule has 3 rings (SSSR count). The lowest BCUT2D eigenvalue weighted by Gasteiger charge is -2.08. The van der Waals surface area contributed by atoms with Crippen LogP contribution in [0.2, 0.25) is 0 Å². The first kappa shape index (κ1) is 18.2. The van der Waals surface area contributed by atoms with Gasteiger partial charge in [0.1, 0.15) is 12.2 Å². The number of hydrogen-bond donors (Lipinski definition) is 2. The van der Waals surface area contributed by atoms with Crippen LogP contribution in [0.15, 0.2) is 54.6 Å². The average Bonchev–Trinajstić information content (AvgIpc) is 3.03. The third-order valence-electron chi connectivity index (χ3n) is 4.21. The van der Waals surface area contributed by atoms with E-state index in [1.807, 2.05) is 41.9 Å². The van der Waals surface area contributed by atoms with Gasteiger partial charge in [-0.3, -0.25) is 14.4 Å². The summed E-state index contributed by atoms with van der Waals surface area (Å²) in [4.78, 5) is 35.6. The molecule has 2 aromatic carbocycles. The van der Waals surface area contributed by atoms with Crippen LogP contribution in [-0.4, -0.2) is 36.0 Å². The van der Waals surface area contributed by atoms with Crippen LogP contribution in [0.25, 0.3) is 10.9 Å². The molecule has 0 aliphatic carbocycles. The molecule has 0 radical (unpaired) electrons. The number of hydrogen-bond acceptors (Lipinski definition) is 4. The number of amides is 2. The second-order valence-corrected chi connectivity index (χ2v) is 5.94. The number of rotatable bonds is 5. The summed E-state index contributed by atoms with van der Waals surface area (Å²) < 4.78 is 6.30. The summed E-state index contributed by atoms with van der Waals surface area (Å²) in [6.45, 7) is -0.200. The summed E-state index contributed by atoms with van der Waals surface area (Å²) in [6.07, 6.45) is 0. The SMILES string of the molecule is COC(=O)CNC(=O)c1ccc(NC(=O)c2cc3ccccc3n2C)cc1. The Morgan fingerprint density at radius 1 is 1.00 bits per heavy atom. The number of carbonyl (C=O) groups is 3. The Morgan fingerprint density at radius 3 is 2.37 bits per heavy atom. The molecule has 3 aromatic rings. The number of aromatic nitrogens is 1. The molecule has 7 heteroatoms. The van der Waals surface area contributed by atoms with Crippen LogP contribution in [0.3, 0.4) is 0 Å². The summed E-state index contributed by atoms with van der Waals surface area (Å²) in [5, 5.41) is 6.26. The highest BCUT2D eigenvalue weighted by Crippen LogP contribution is 2.19. The number of nitrogens with one attached hydrogen (secondary N) is 2. The second-order valence-electron chi connectivity index (χ2n) is 5.94. The monoisotopic (exact) mass is 365 g/mol. The number of esters is 1. The first-order valence-corrected chi connectivity index (χ1v) is 8.30. The van der Waals surface area contributed by atoms with Gasteiger partial charge in [0.25, 0.3) is 11.8 Å². The predicted octanol–water partition coefficient (Wildman–Crippen LogP) is 2.33. The van der Waals surface area contributed by atoms with Crippen molar-refractivity contribution in [2.45, 2.75) is 0 Å². The Morgan fingerprint density at radius 2 is 1.70 bits per heavy atom. The maximum Gasteiger partial charge on any atom is 0.325 e. The normalized spacial score (nSPS) is 10.4. The molecule has 0 spiro atoms. The minimum absolute atomic E-state index is 0.200. The van der Waals surface area contributed by atoms with Crippen LogP contribution >= 0.6 is 0 Å². The van der Waals surface area contributed by atoms with Gasteiger partial charge in [-0.2, -0.15) is 0 Å². The molecule has 7 nitrogen and oxygen atoms in total. The highest BCUT2D eigenvalue weighted by atomic mass is 16.5. The highest BCUT2D eigenvalue weighted by Gasteiger charge is 2.14. The molecule has 0 atom stereocenters. The molecule has 138 valence electrons. The van der Waals surface area contributed by atoms with E-state index in [1.165, 1.54) is 7.11 Å². The summed E-state index contributed by atoms with van der Waals surface area (Å²) in [6, 6.07) is 16.0. The zero-order chi connectivity index (χ0) is 19.4. The van der Waals surface area contributed by atoms with Crippen molar-refractivity contribution in [3.63, 3.8) is 0 Å². The molecule has 0 bridgehead atoms. The summed E-state index contributed by atoms with van der Waals surface area (Å²) in [5.41, 5.74) is 2.45. The minimum Gasteiger partial charge on any atom is -0.468 e. The van der Waals surface area contributed by atoms with E-state index in [2.05, 4.69) is 15.4 Å². The minimum atomic E-state index is -0.526. The molecular weight excluding hydrogens is 346 g/mol. The fourth-order valence-corrected chi connectivity index (χ4v) is 2.73. The summed E-state index contributed by atoms with van der Waals surface area (Å²) in [7, 11) is 3.09. The molecule has 1 aromatic heterocycles. The lowest BCUT2D eigenvalue weighted by molar-refractivity contribution is -0.139. The number of aryl methyl sites for hydroxylation is 1. The van der Waals surface area contributed by atoms with E-state index < -0.39 is 11.9 Å². The van der Waals surface area contributed by atoms with Crippen LogP contribution in [-0.2, 0) is 16.6 Å². The Hall–Kier alpha value is -3.61. The molecule has 27 heavy (non-hydrogen) atoms. The van der Waals surface area contributed by atoms with Crippen molar-refractivity contribution in [2.75, 3.05) is 19.0 Å². The Kier molecular flexibility index (Phi) is 5.21. The quantitative estimate of drug-likeness (QED) is 0.679. The third kappa shape index (κ3) is 3.98. The van der Waals surface area contributed by atoms with Gasteiger partial charge in [-0.25, -0.2) is 0 Å². The lowest BCUT2D eigenvalue weighted by atomic mass is 10.2. The largest absolute Gasteiger partial charge is 0.468 e. The number of para-hydroxylation sites is 1. The smallest absolute Gasteiger partial charge is 0.325 e. The first-order chi connectivity index (χ1) is 13.0. The van der Waals surface area contributed by atoms with Crippen LogP contribution in [0, 0.1) is 0 Å². The van der Waals surface area contributed by atoms with Crippen molar-refractivity contribution in [1.29, 1.82) is 0 Å². The number of methoxy groups -OCH3 is 1. The van der Waals surface area contributed by atoms with Crippen molar-refractivity contribution >= 4 is 34.4 Å². The first-order valence-electron chi connectivity index (χ1n) is 8.30. The Balaban J connectivity index is 1.68. The number of benzene rings is 2. The zero-order valence-electron chi connectivity index (χ0n) is 15.0. The third-order valence-corrected chi connectivity index (χ3v) is 4.21. The van der Waals surface area contributed by atoms with Crippen LogP contribution in [0.4, 0.5) is 5.69 Å². The van der Waals surface area contributed by atoms with Crippen LogP contribution < -0.4 is 10.6 Å². The van der Waals surface area contributed by atoms with Crippen molar-refractivity contribution in [1.82, 2.24) is 9.88 Å². The molecule has 0 aliphatic rings. The number of fused-ring (bicyclic) bond motifs is 1. The molecule has 0 saturated heterocycles. The number of anilines is 1.